The van der Waals surface area contributed by atoms with E-state index in [1.54, 1.807) is 43.8 Å². The Hall–Kier alpha value is -4.25. The number of methoxy groups -OCH3 is 1. The van der Waals surface area contributed by atoms with Gasteiger partial charge in [-0.2, -0.15) is 0 Å². The van der Waals surface area contributed by atoms with Crippen LogP contribution in [0.3, 0.4) is 0 Å². The van der Waals surface area contributed by atoms with E-state index in [0.717, 1.165) is 12.1 Å². The average molecular weight is 522 g/mol. The molecular weight excluding hydrogens is 484 g/mol. The number of hydrogen-bond donors (Lipinski definition) is 1. The normalized spacial score (nSPS) is 13.6. The minimum atomic E-state index is -2.20. The van der Waals surface area contributed by atoms with E-state index in [-0.39, 0.29) is 11.6 Å². The number of aromatic nitrogens is 4. The van der Waals surface area contributed by atoms with E-state index >= 15 is 0 Å². The first-order valence-corrected chi connectivity index (χ1v) is 12.1. The fourth-order valence-electron chi connectivity index (χ4n) is 4.31. The average Bonchev–Trinajstić information content (AvgIpc) is 3.25. The van der Waals surface area contributed by atoms with Crippen molar-refractivity contribution in [3.8, 4) is 17.0 Å². The number of ether oxygens (including phenoxy) is 1. The van der Waals surface area contributed by atoms with Gasteiger partial charge in [0.2, 0.25) is 5.95 Å². The number of benzene rings is 2. The molecule has 1 atom stereocenters. The number of nitro groups is 1. The van der Waals surface area contributed by atoms with Crippen molar-refractivity contribution < 1.29 is 13.8 Å². The lowest BCUT2D eigenvalue weighted by Gasteiger charge is -2.22. The van der Waals surface area contributed by atoms with Crippen molar-refractivity contribution in [3.63, 3.8) is 0 Å². The van der Waals surface area contributed by atoms with Crippen LogP contribution in [0.15, 0.2) is 42.6 Å². The van der Waals surface area contributed by atoms with Gasteiger partial charge in [-0.05, 0) is 53.0 Å². The molecule has 0 spiro atoms. The van der Waals surface area contributed by atoms with Crippen LogP contribution < -0.4 is 15.0 Å². The maximum Gasteiger partial charge on any atom is 0.294 e. The molecule has 200 valence electrons. The zero-order valence-electron chi connectivity index (χ0n) is 25.4. The molecule has 1 N–H and O–H groups in total. The molecule has 2 heterocycles. The van der Waals surface area contributed by atoms with Crippen LogP contribution in [0, 0.1) is 17.0 Å². The van der Waals surface area contributed by atoms with Crippen LogP contribution in [-0.4, -0.2) is 70.7 Å². The van der Waals surface area contributed by atoms with Crippen LogP contribution in [-0.2, 0) is 0 Å². The molecule has 2 aromatic heterocycles. The van der Waals surface area contributed by atoms with Gasteiger partial charge in [0, 0.05) is 54.2 Å². The van der Waals surface area contributed by atoms with Crippen LogP contribution >= 0.6 is 0 Å². The zero-order valence-corrected chi connectivity index (χ0v) is 22.4. The Balaban J connectivity index is 1.70. The second-order valence-electron chi connectivity index (χ2n) is 9.32. The summed E-state index contributed by atoms with van der Waals surface area (Å²) in [6.45, 7) is 2.55. The van der Waals surface area contributed by atoms with Gasteiger partial charge in [-0.15, -0.1) is 0 Å². The van der Waals surface area contributed by atoms with E-state index in [2.05, 4.69) is 20.3 Å². The molecule has 0 saturated heterocycles. The van der Waals surface area contributed by atoms with Crippen LogP contribution in [0.5, 0.6) is 5.75 Å². The van der Waals surface area contributed by atoms with Crippen molar-refractivity contribution >= 4 is 34.0 Å². The van der Waals surface area contributed by atoms with Crippen molar-refractivity contribution in [2.45, 2.75) is 26.7 Å². The van der Waals surface area contributed by atoms with E-state index in [1.807, 2.05) is 42.1 Å². The summed E-state index contributed by atoms with van der Waals surface area (Å²) < 4.78 is 30.9. The molecule has 11 heteroatoms. The summed E-state index contributed by atoms with van der Waals surface area (Å²) in [6.07, 6.45) is 1.58. The molecule has 4 rings (SSSR count). The third-order valence-corrected chi connectivity index (χ3v) is 6.24. The molecular formula is C27H34N8O3. The first kappa shape index (κ1) is 22.9. The van der Waals surface area contributed by atoms with Crippen molar-refractivity contribution in [1.82, 2.24) is 24.4 Å². The lowest BCUT2D eigenvalue weighted by molar-refractivity contribution is -0.384. The molecule has 0 aliphatic carbocycles. The zero-order chi connectivity index (χ0) is 30.1. The molecule has 11 nitrogen and oxygen atoms in total. The molecule has 0 radical (unpaired) electrons. The van der Waals surface area contributed by atoms with Gasteiger partial charge >= 0.3 is 0 Å². The largest absolute Gasteiger partial charge is 0.494 e. The monoisotopic (exact) mass is 521 g/mol. The van der Waals surface area contributed by atoms with Gasteiger partial charge in [0.25, 0.3) is 5.69 Å². The van der Waals surface area contributed by atoms with E-state index in [9.17, 15) is 10.1 Å². The number of nitro benzene ring substituents is 1. The van der Waals surface area contributed by atoms with Crippen molar-refractivity contribution in [1.29, 1.82) is 0 Å². The van der Waals surface area contributed by atoms with Gasteiger partial charge in [-0.3, -0.25) is 10.1 Å². The van der Waals surface area contributed by atoms with E-state index in [1.165, 1.54) is 13.2 Å². The van der Waals surface area contributed by atoms with Crippen LogP contribution in [0.25, 0.3) is 22.3 Å². The number of anilines is 3. The van der Waals surface area contributed by atoms with Gasteiger partial charge < -0.3 is 24.4 Å². The number of likely N-dealkylation sites (N-methyl/N-ethyl adjacent to an activating group) is 2. The standard InChI is InChI=1S/C27H34N8O3/c1-17(2)34-18(3)29-21-9-8-19(14-23(21)34)20-10-11-28-27(30-20)31-22-15-25(35(36)37)24(16-26(22)38-7)33(6)13-12-32(4)5/h8-11,14-17H,12-13H2,1-7H3,(H,28,30,31)/i1D3. The minimum absolute atomic E-state index is 0.0804. The molecule has 0 amide bonds. The van der Waals surface area contributed by atoms with Crippen molar-refractivity contribution in [2.24, 2.45) is 0 Å². The molecule has 0 saturated carbocycles. The molecule has 1 unspecified atom stereocenters. The number of rotatable bonds is 10. The van der Waals surface area contributed by atoms with Gasteiger partial charge in [-0.25, -0.2) is 15.0 Å². The fraction of sp³-hybridized carbons (Fsp3) is 0.370. The third kappa shape index (κ3) is 5.52. The molecule has 38 heavy (non-hydrogen) atoms. The van der Waals surface area contributed by atoms with Crippen LogP contribution in [0.1, 0.15) is 29.8 Å². The molecule has 0 bridgehead atoms. The molecule has 0 aliphatic rings. The predicted molar refractivity (Wildman–Crippen MR) is 151 cm³/mol. The molecule has 0 aliphatic heterocycles. The Morgan fingerprint density at radius 3 is 2.66 bits per heavy atom. The minimum Gasteiger partial charge on any atom is -0.494 e. The van der Waals surface area contributed by atoms with Gasteiger partial charge in [-0.1, -0.05) is 6.07 Å². The summed E-state index contributed by atoms with van der Waals surface area (Å²) in [5.41, 5.74) is 3.37. The predicted octanol–water partition coefficient (Wildman–Crippen LogP) is 5.04. The van der Waals surface area contributed by atoms with Crippen LogP contribution in [0.4, 0.5) is 23.0 Å². The summed E-state index contributed by atoms with van der Waals surface area (Å²) in [5, 5.41) is 15.0. The van der Waals surface area contributed by atoms with E-state index in [0.29, 0.717) is 46.2 Å². The Kier molecular flexibility index (Phi) is 6.64. The second kappa shape index (κ2) is 11.0. The summed E-state index contributed by atoms with van der Waals surface area (Å²) >= 11 is 0. The van der Waals surface area contributed by atoms with E-state index < -0.39 is 17.8 Å². The van der Waals surface area contributed by atoms with Crippen molar-refractivity contribution in [2.75, 3.05) is 51.6 Å². The van der Waals surface area contributed by atoms with Gasteiger partial charge in [0.15, 0.2) is 0 Å². The third-order valence-electron chi connectivity index (χ3n) is 6.24. The maximum absolute atomic E-state index is 12.0. The SMILES string of the molecule is [2H]C([2H])([2H])C(C)n1c(C)nc2ccc(-c3ccnc(Nc4cc([N+](=O)[O-])c(N(C)CCN(C)C)cc4OC)n3)cc21. The highest BCUT2D eigenvalue weighted by Crippen LogP contribution is 2.39. The maximum atomic E-state index is 12.0. The quantitative estimate of drug-likeness (QED) is 0.226. The summed E-state index contributed by atoms with van der Waals surface area (Å²) in [6, 6.07) is 9.55. The molecule has 4 aromatic rings. The van der Waals surface area contributed by atoms with Crippen molar-refractivity contribution in [3.05, 3.63) is 58.5 Å². The number of aryl methyl sites for hydroxylation is 1. The smallest absolute Gasteiger partial charge is 0.294 e. The summed E-state index contributed by atoms with van der Waals surface area (Å²) in [7, 11) is 7.17. The number of imidazole rings is 1. The Bertz CT molecular complexity index is 1570. The summed E-state index contributed by atoms with van der Waals surface area (Å²) in [4.78, 5) is 28.8. The Morgan fingerprint density at radius 2 is 1.97 bits per heavy atom. The highest BCUT2D eigenvalue weighted by molar-refractivity contribution is 5.82. The fourth-order valence-corrected chi connectivity index (χ4v) is 4.31. The highest BCUT2D eigenvalue weighted by atomic mass is 16.6. The first-order valence-electron chi connectivity index (χ1n) is 13.6. The summed E-state index contributed by atoms with van der Waals surface area (Å²) in [5.74, 6) is 1.22. The molecule has 0 fully saturated rings. The number of hydrogen-bond acceptors (Lipinski definition) is 9. The van der Waals surface area contributed by atoms with Gasteiger partial charge in [0.05, 0.1) is 34.4 Å². The second-order valence-corrected chi connectivity index (χ2v) is 9.32. The lowest BCUT2D eigenvalue weighted by atomic mass is 10.1. The Morgan fingerprint density at radius 1 is 1.18 bits per heavy atom. The highest BCUT2D eigenvalue weighted by Gasteiger charge is 2.22. The topological polar surface area (TPSA) is 114 Å². The number of nitrogens with zero attached hydrogens (tertiary/aromatic N) is 7. The van der Waals surface area contributed by atoms with Gasteiger partial charge in [0.1, 0.15) is 17.3 Å². The Labute approximate surface area is 226 Å². The van der Waals surface area contributed by atoms with Crippen LogP contribution in [0.2, 0.25) is 0 Å². The van der Waals surface area contributed by atoms with E-state index in [4.69, 9.17) is 8.85 Å². The first-order chi connectivity index (χ1) is 19.3. The number of fused-ring (bicyclic) bond motifs is 1. The lowest BCUT2D eigenvalue weighted by Crippen LogP contribution is -2.28. The number of nitrogens with one attached hydrogen (secondary N) is 1. The molecule has 2 aromatic carbocycles.